The van der Waals surface area contributed by atoms with E-state index in [1.54, 1.807) is 13.2 Å². The van der Waals surface area contributed by atoms with Crippen LogP contribution in [-0.4, -0.2) is 51.4 Å². The Morgan fingerprint density at radius 2 is 2.00 bits per heavy atom. The highest BCUT2D eigenvalue weighted by atomic mass is 16.7. The van der Waals surface area contributed by atoms with E-state index < -0.39 is 0 Å². The van der Waals surface area contributed by atoms with Gasteiger partial charge in [0.1, 0.15) is 11.8 Å². The highest BCUT2D eigenvalue weighted by Crippen LogP contribution is 2.51. The van der Waals surface area contributed by atoms with Crippen LogP contribution < -0.4 is 18.9 Å². The fourth-order valence-corrected chi connectivity index (χ4v) is 4.40. The predicted molar refractivity (Wildman–Crippen MR) is 119 cm³/mol. The van der Waals surface area contributed by atoms with E-state index in [9.17, 15) is 4.79 Å². The Bertz CT molecular complexity index is 994. The van der Waals surface area contributed by atoms with Crippen molar-refractivity contribution in [3.63, 3.8) is 0 Å². The maximum Gasteiger partial charge on any atom is 0.231 e. The monoisotopic (exact) mass is 424 g/mol. The Kier molecular flexibility index (Phi) is 5.92. The number of fused-ring (bicyclic) bond motifs is 2. The van der Waals surface area contributed by atoms with Crippen molar-refractivity contribution >= 4 is 11.9 Å². The van der Waals surface area contributed by atoms with Gasteiger partial charge in [0.2, 0.25) is 12.5 Å². The number of allylic oxidation sites excluding steroid dienone is 1. The van der Waals surface area contributed by atoms with Gasteiger partial charge in [-0.1, -0.05) is 18.2 Å². The SMILES string of the molecule is CCOc1ccc(/C=C/C(=O)C[C@@H]2c3c(cc4c(c3OC)OCO4)CC[N+]2(C)C)cc1. The van der Waals surface area contributed by atoms with Crippen LogP contribution in [0.5, 0.6) is 23.0 Å². The molecule has 2 aromatic carbocycles. The van der Waals surface area contributed by atoms with Gasteiger partial charge in [0, 0.05) is 6.42 Å². The zero-order valence-corrected chi connectivity index (χ0v) is 18.6. The summed E-state index contributed by atoms with van der Waals surface area (Å²) in [6, 6.07) is 9.76. The van der Waals surface area contributed by atoms with Crippen LogP contribution in [0.2, 0.25) is 0 Å². The summed E-state index contributed by atoms with van der Waals surface area (Å²) in [6.07, 6.45) is 4.83. The maximum atomic E-state index is 13.0. The Balaban J connectivity index is 1.58. The van der Waals surface area contributed by atoms with Crippen molar-refractivity contribution in [2.45, 2.75) is 25.8 Å². The molecule has 6 heteroatoms. The van der Waals surface area contributed by atoms with Crippen molar-refractivity contribution in [2.24, 2.45) is 0 Å². The summed E-state index contributed by atoms with van der Waals surface area (Å²) < 4.78 is 23.2. The number of likely N-dealkylation sites (N-methyl/N-ethyl adjacent to an activating group) is 1. The molecule has 0 saturated carbocycles. The first-order valence-electron chi connectivity index (χ1n) is 10.7. The number of hydrogen-bond donors (Lipinski definition) is 0. The third kappa shape index (κ3) is 4.26. The van der Waals surface area contributed by atoms with Gasteiger partial charge in [-0.05, 0) is 42.3 Å². The minimum atomic E-state index is -0.0225. The van der Waals surface area contributed by atoms with Crippen molar-refractivity contribution in [3.8, 4) is 23.0 Å². The van der Waals surface area contributed by atoms with Gasteiger partial charge in [0.05, 0.1) is 46.3 Å². The molecule has 0 radical (unpaired) electrons. The molecule has 2 aliphatic heterocycles. The quantitative estimate of drug-likeness (QED) is 0.493. The summed E-state index contributed by atoms with van der Waals surface area (Å²) >= 11 is 0. The van der Waals surface area contributed by atoms with E-state index in [2.05, 4.69) is 14.1 Å². The van der Waals surface area contributed by atoms with Crippen LogP contribution in [0, 0.1) is 0 Å². The third-order valence-corrected chi connectivity index (χ3v) is 6.13. The number of ether oxygens (including phenoxy) is 4. The molecule has 4 rings (SSSR count). The molecule has 0 unspecified atom stereocenters. The number of methoxy groups -OCH3 is 1. The fraction of sp³-hybridized carbons (Fsp3) is 0.400. The first-order chi connectivity index (χ1) is 14.9. The molecule has 0 amide bonds. The molecule has 2 heterocycles. The van der Waals surface area contributed by atoms with Gasteiger partial charge in [0.25, 0.3) is 0 Å². The Labute approximate surface area is 183 Å². The number of nitrogens with zero attached hydrogens (tertiary/aromatic N) is 1. The second-order valence-electron chi connectivity index (χ2n) is 8.49. The molecule has 0 aromatic heterocycles. The topological polar surface area (TPSA) is 54.0 Å². The lowest BCUT2D eigenvalue weighted by Crippen LogP contribution is -2.48. The minimum absolute atomic E-state index is 0.0225. The van der Waals surface area contributed by atoms with E-state index in [4.69, 9.17) is 18.9 Å². The Morgan fingerprint density at radius 3 is 2.71 bits per heavy atom. The van der Waals surface area contributed by atoms with Crippen LogP contribution in [-0.2, 0) is 11.2 Å². The zero-order chi connectivity index (χ0) is 22.0. The standard InChI is InChI=1S/C25H30NO5/c1-5-29-20-10-7-17(8-11-20)6-9-19(27)15-21-23-18(12-13-26(21,2)3)14-22-24(25(23)28-4)31-16-30-22/h6-11,14,21H,5,12-13,15-16H2,1-4H3/q+1/b9-6+/t21-/m1/s1. The first-order valence-corrected chi connectivity index (χ1v) is 10.7. The number of rotatable bonds is 7. The summed E-state index contributed by atoms with van der Waals surface area (Å²) in [4.78, 5) is 13.0. The van der Waals surface area contributed by atoms with Gasteiger partial charge in [-0.3, -0.25) is 4.79 Å². The number of carbonyl (C=O) groups excluding carboxylic acids is 1. The van der Waals surface area contributed by atoms with Crippen LogP contribution in [0.1, 0.15) is 36.1 Å². The van der Waals surface area contributed by atoms with Crippen LogP contribution in [0.25, 0.3) is 6.08 Å². The van der Waals surface area contributed by atoms with Gasteiger partial charge < -0.3 is 23.4 Å². The van der Waals surface area contributed by atoms with Crippen molar-refractivity contribution in [1.29, 1.82) is 0 Å². The second kappa shape index (κ2) is 8.63. The molecular weight excluding hydrogens is 394 g/mol. The molecule has 0 N–H and O–H groups in total. The van der Waals surface area contributed by atoms with Crippen molar-refractivity contribution in [1.82, 2.24) is 0 Å². The smallest absolute Gasteiger partial charge is 0.231 e. The number of quaternary nitrogens is 1. The first kappa shape index (κ1) is 21.2. The molecule has 2 aromatic rings. The normalized spacial score (nSPS) is 18.6. The summed E-state index contributed by atoms with van der Waals surface area (Å²) in [7, 11) is 5.99. The van der Waals surface area contributed by atoms with Crippen LogP contribution in [0.15, 0.2) is 36.4 Å². The molecule has 2 aliphatic rings. The van der Waals surface area contributed by atoms with Gasteiger partial charge in [-0.2, -0.15) is 0 Å². The van der Waals surface area contributed by atoms with Crippen molar-refractivity contribution in [2.75, 3.05) is 41.1 Å². The highest BCUT2D eigenvalue weighted by Gasteiger charge is 2.41. The lowest BCUT2D eigenvalue weighted by Gasteiger charge is -2.43. The molecule has 6 nitrogen and oxygen atoms in total. The second-order valence-corrected chi connectivity index (χ2v) is 8.49. The van der Waals surface area contributed by atoms with E-state index in [1.165, 1.54) is 5.56 Å². The molecule has 0 spiro atoms. The molecule has 0 fully saturated rings. The van der Waals surface area contributed by atoms with Crippen LogP contribution in [0.3, 0.4) is 0 Å². The summed E-state index contributed by atoms with van der Waals surface area (Å²) in [6.45, 7) is 3.73. The molecule has 31 heavy (non-hydrogen) atoms. The largest absolute Gasteiger partial charge is 0.494 e. The highest BCUT2D eigenvalue weighted by molar-refractivity contribution is 5.94. The van der Waals surface area contributed by atoms with Crippen molar-refractivity contribution < 1.29 is 28.2 Å². The zero-order valence-electron chi connectivity index (χ0n) is 18.6. The average Bonchev–Trinajstić information content (AvgIpc) is 3.22. The third-order valence-electron chi connectivity index (χ3n) is 6.13. The Hall–Kier alpha value is -2.99. The number of benzene rings is 2. The maximum absolute atomic E-state index is 13.0. The van der Waals surface area contributed by atoms with Gasteiger partial charge >= 0.3 is 0 Å². The molecule has 0 aliphatic carbocycles. The molecular formula is C25H30NO5+. The van der Waals surface area contributed by atoms with Crippen molar-refractivity contribution in [3.05, 3.63) is 53.1 Å². The number of ketones is 1. The predicted octanol–water partition coefficient (Wildman–Crippen LogP) is 4.17. The molecule has 164 valence electrons. The van der Waals surface area contributed by atoms with Gasteiger partial charge in [0.15, 0.2) is 17.3 Å². The van der Waals surface area contributed by atoms with E-state index >= 15 is 0 Å². The molecule has 0 saturated heterocycles. The van der Waals surface area contributed by atoms with E-state index in [1.807, 2.05) is 43.3 Å². The summed E-state index contributed by atoms with van der Waals surface area (Å²) in [5, 5.41) is 0. The van der Waals surface area contributed by atoms with Crippen LogP contribution >= 0.6 is 0 Å². The number of carbonyl (C=O) groups is 1. The molecule has 1 atom stereocenters. The average molecular weight is 425 g/mol. The summed E-state index contributed by atoms with van der Waals surface area (Å²) in [5.41, 5.74) is 3.20. The number of hydrogen-bond acceptors (Lipinski definition) is 5. The lowest BCUT2D eigenvalue weighted by atomic mass is 9.86. The van der Waals surface area contributed by atoms with Gasteiger partial charge in [-0.15, -0.1) is 0 Å². The van der Waals surface area contributed by atoms with E-state index in [-0.39, 0.29) is 18.6 Å². The summed E-state index contributed by atoms with van der Waals surface area (Å²) in [5.74, 6) is 2.98. The van der Waals surface area contributed by atoms with Gasteiger partial charge in [-0.25, -0.2) is 0 Å². The fourth-order valence-electron chi connectivity index (χ4n) is 4.40. The molecule has 0 bridgehead atoms. The minimum Gasteiger partial charge on any atom is -0.494 e. The van der Waals surface area contributed by atoms with E-state index in [0.29, 0.717) is 29.0 Å². The Morgan fingerprint density at radius 1 is 1.23 bits per heavy atom. The van der Waals surface area contributed by atoms with E-state index in [0.717, 1.165) is 35.6 Å². The lowest BCUT2D eigenvalue weighted by molar-refractivity contribution is -0.922. The van der Waals surface area contributed by atoms with Crippen LogP contribution in [0.4, 0.5) is 0 Å².